The molecule has 4 rings (SSSR count). The number of piperidine rings is 1. The Balaban J connectivity index is 1.80. The molecule has 1 aliphatic heterocycles. The summed E-state index contributed by atoms with van der Waals surface area (Å²) < 4.78 is 15.6. The van der Waals surface area contributed by atoms with Crippen LogP contribution in [-0.2, 0) is 18.3 Å². The number of nitrogens with zero attached hydrogens (tertiary/aromatic N) is 7. The third-order valence-corrected chi connectivity index (χ3v) is 6.16. The fraction of sp³-hybridized carbons (Fsp3) is 0.600. The molecule has 10 heteroatoms. The molecule has 1 amide bonds. The summed E-state index contributed by atoms with van der Waals surface area (Å²) in [7, 11) is 3.97. The van der Waals surface area contributed by atoms with Crippen molar-refractivity contribution >= 4 is 17.6 Å². The molecule has 190 valence electrons. The van der Waals surface area contributed by atoms with E-state index >= 15 is 0 Å². The molecule has 0 atom stereocenters. The molecule has 10 nitrogen and oxygen atoms in total. The van der Waals surface area contributed by atoms with E-state index in [1.165, 1.54) is 0 Å². The lowest BCUT2D eigenvalue weighted by atomic mass is 10.1. The zero-order valence-corrected chi connectivity index (χ0v) is 21.9. The minimum atomic E-state index is -0.658. The quantitative estimate of drug-likeness (QED) is 0.523. The van der Waals surface area contributed by atoms with E-state index < -0.39 is 11.7 Å². The van der Waals surface area contributed by atoms with Crippen LogP contribution in [0.15, 0.2) is 24.5 Å². The lowest BCUT2D eigenvalue weighted by Crippen LogP contribution is -2.38. The van der Waals surface area contributed by atoms with Gasteiger partial charge in [0, 0.05) is 38.0 Å². The van der Waals surface area contributed by atoms with E-state index in [2.05, 4.69) is 36.0 Å². The minimum Gasteiger partial charge on any atom is -0.474 e. The molecule has 1 saturated heterocycles. The van der Waals surface area contributed by atoms with E-state index in [-0.39, 0.29) is 18.6 Å². The number of amides is 1. The molecular formula is C25H37N7O3. The lowest BCUT2D eigenvalue weighted by Gasteiger charge is -2.30. The third kappa shape index (κ3) is 5.75. The van der Waals surface area contributed by atoms with Crippen molar-refractivity contribution < 1.29 is 14.3 Å². The number of hydrogen-bond acceptors (Lipinski definition) is 7. The van der Waals surface area contributed by atoms with Crippen LogP contribution in [0, 0.1) is 0 Å². The van der Waals surface area contributed by atoms with Crippen molar-refractivity contribution in [1.29, 1.82) is 0 Å². The molecule has 0 radical (unpaired) electrons. The van der Waals surface area contributed by atoms with Crippen LogP contribution >= 0.6 is 0 Å². The lowest BCUT2D eigenvalue weighted by molar-refractivity contribution is 0.0574. The van der Waals surface area contributed by atoms with E-state index in [0.29, 0.717) is 17.3 Å². The largest absolute Gasteiger partial charge is 0.474 e. The first-order valence-corrected chi connectivity index (χ1v) is 12.2. The summed E-state index contributed by atoms with van der Waals surface area (Å²) in [6, 6.07) is 3.68. The summed E-state index contributed by atoms with van der Waals surface area (Å²) in [6.07, 6.45) is 4.99. The molecule has 0 saturated carbocycles. The molecule has 0 N–H and O–H groups in total. The first-order valence-electron chi connectivity index (χ1n) is 12.2. The highest BCUT2D eigenvalue weighted by Crippen LogP contribution is 2.30. The zero-order valence-electron chi connectivity index (χ0n) is 21.9. The molecule has 0 bridgehead atoms. The summed E-state index contributed by atoms with van der Waals surface area (Å²) in [6.45, 7) is 12.0. The number of ether oxygens (including phenoxy) is 2. The number of carbonyl (C=O) groups excluding carboxylic acids is 1. The summed E-state index contributed by atoms with van der Waals surface area (Å²) in [5, 5.41) is 8.87. The molecule has 1 fully saturated rings. The van der Waals surface area contributed by atoms with Gasteiger partial charge >= 0.3 is 6.09 Å². The SMILES string of the molecule is CC(C)c1cnn2c(N(Cc3ccnn3C)C(=O)OC(C)(C)C)cc(OC3CCN(C)CC3)nc12. The van der Waals surface area contributed by atoms with Crippen LogP contribution < -0.4 is 9.64 Å². The van der Waals surface area contributed by atoms with Crippen molar-refractivity contribution in [3.63, 3.8) is 0 Å². The van der Waals surface area contributed by atoms with Crippen LogP contribution in [-0.4, -0.2) is 67.2 Å². The number of fused-ring (bicyclic) bond motifs is 1. The van der Waals surface area contributed by atoms with Crippen LogP contribution in [0.1, 0.15) is 64.6 Å². The molecule has 0 aromatic carbocycles. The van der Waals surface area contributed by atoms with Gasteiger partial charge < -0.3 is 14.4 Å². The second-order valence-electron chi connectivity index (χ2n) is 10.6. The van der Waals surface area contributed by atoms with Gasteiger partial charge in [-0.15, -0.1) is 0 Å². The average Bonchev–Trinajstić information content (AvgIpc) is 3.38. The second kappa shape index (κ2) is 9.85. The smallest absolute Gasteiger partial charge is 0.416 e. The predicted octanol–water partition coefficient (Wildman–Crippen LogP) is 4.00. The molecule has 0 aliphatic carbocycles. The van der Waals surface area contributed by atoms with Crippen LogP contribution in [0.25, 0.3) is 5.65 Å². The van der Waals surface area contributed by atoms with E-state index in [1.54, 1.807) is 26.4 Å². The molecule has 3 aromatic heterocycles. The third-order valence-electron chi connectivity index (χ3n) is 6.16. The highest BCUT2D eigenvalue weighted by Gasteiger charge is 2.29. The van der Waals surface area contributed by atoms with Crippen molar-refractivity contribution in [3.8, 4) is 5.88 Å². The fourth-order valence-electron chi connectivity index (χ4n) is 4.15. The van der Waals surface area contributed by atoms with E-state index in [0.717, 1.165) is 37.2 Å². The van der Waals surface area contributed by atoms with Crippen molar-refractivity contribution in [2.45, 2.75) is 71.6 Å². The average molecular weight is 484 g/mol. The number of aromatic nitrogens is 5. The van der Waals surface area contributed by atoms with Gasteiger partial charge in [-0.05, 0) is 52.6 Å². The predicted molar refractivity (Wildman–Crippen MR) is 134 cm³/mol. The number of carbonyl (C=O) groups is 1. The molecule has 3 aromatic rings. The Kier molecular flexibility index (Phi) is 7.02. The van der Waals surface area contributed by atoms with Crippen molar-refractivity contribution in [2.75, 3.05) is 25.0 Å². The van der Waals surface area contributed by atoms with Crippen LogP contribution in [0.4, 0.5) is 10.6 Å². The van der Waals surface area contributed by atoms with Crippen molar-refractivity contribution in [2.24, 2.45) is 7.05 Å². The number of rotatable bonds is 6. The first kappa shape index (κ1) is 25.0. The molecular weight excluding hydrogens is 446 g/mol. The van der Waals surface area contributed by atoms with Gasteiger partial charge in [-0.2, -0.15) is 19.7 Å². The molecule has 4 heterocycles. The highest BCUT2D eigenvalue weighted by atomic mass is 16.6. The Morgan fingerprint density at radius 3 is 2.51 bits per heavy atom. The number of hydrogen-bond donors (Lipinski definition) is 0. The summed E-state index contributed by atoms with van der Waals surface area (Å²) in [5.74, 6) is 1.24. The summed E-state index contributed by atoms with van der Waals surface area (Å²) in [4.78, 5) is 22.2. The molecule has 35 heavy (non-hydrogen) atoms. The van der Waals surface area contributed by atoms with Crippen LogP contribution in [0.5, 0.6) is 5.88 Å². The monoisotopic (exact) mass is 483 g/mol. The number of likely N-dealkylation sites (tertiary alicyclic amines) is 1. The minimum absolute atomic E-state index is 0.0754. The Labute approximate surface area is 206 Å². The van der Waals surface area contributed by atoms with Gasteiger partial charge in [0.2, 0.25) is 5.88 Å². The number of aryl methyl sites for hydroxylation is 1. The summed E-state index contributed by atoms with van der Waals surface area (Å²) >= 11 is 0. The molecule has 1 aliphatic rings. The van der Waals surface area contributed by atoms with Gasteiger partial charge in [0.1, 0.15) is 17.5 Å². The maximum atomic E-state index is 13.5. The van der Waals surface area contributed by atoms with E-state index in [1.807, 2.05) is 40.1 Å². The Bertz CT molecular complexity index is 1170. The van der Waals surface area contributed by atoms with Gasteiger partial charge in [0.05, 0.1) is 18.4 Å². The number of anilines is 1. The van der Waals surface area contributed by atoms with Gasteiger partial charge in [-0.1, -0.05) is 13.8 Å². The molecule has 0 unspecified atom stereocenters. The fourth-order valence-corrected chi connectivity index (χ4v) is 4.15. The van der Waals surface area contributed by atoms with Crippen LogP contribution in [0.3, 0.4) is 0 Å². The first-order chi connectivity index (χ1) is 16.5. The highest BCUT2D eigenvalue weighted by molar-refractivity contribution is 5.87. The maximum Gasteiger partial charge on any atom is 0.416 e. The Morgan fingerprint density at radius 2 is 1.91 bits per heavy atom. The van der Waals surface area contributed by atoms with Crippen molar-refractivity contribution in [3.05, 3.63) is 35.8 Å². The normalized spacial score (nSPS) is 15.7. The maximum absolute atomic E-state index is 13.5. The zero-order chi connectivity index (χ0) is 25.3. The standard InChI is InChI=1S/C25H37N7O3/c1-17(2)20-15-27-32-22(14-21(28-23(20)32)34-19-9-12-29(6)13-10-19)31(24(33)35-25(3,4)5)16-18-8-11-26-30(18)7/h8,11,14-15,17,19H,9-10,12-13,16H2,1-7H3. The van der Waals surface area contributed by atoms with Gasteiger partial charge in [0.25, 0.3) is 0 Å². The van der Waals surface area contributed by atoms with Crippen molar-refractivity contribution in [1.82, 2.24) is 29.3 Å². The topological polar surface area (TPSA) is 90.0 Å². The van der Waals surface area contributed by atoms with E-state index in [9.17, 15) is 4.79 Å². The Morgan fingerprint density at radius 1 is 1.20 bits per heavy atom. The van der Waals surface area contributed by atoms with E-state index in [4.69, 9.17) is 14.5 Å². The Hall–Kier alpha value is -3.14. The van der Waals surface area contributed by atoms with Gasteiger partial charge in [-0.3, -0.25) is 9.58 Å². The van der Waals surface area contributed by atoms with Gasteiger partial charge in [0.15, 0.2) is 5.65 Å². The summed E-state index contributed by atoms with van der Waals surface area (Å²) in [5.41, 5.74) is 1.87. The van der Waals surface area contributed by atoms with Gasteiger partial charge in [-0.25, -0.2) is 4.79 Å². The molecule has 0 spiro atoms. The second-order valence-corrected chi connectivity index (χ2v) is 10.6. The van der Waals surface area contributed by atoms with Crippen LogP contribution in [0.2, 0.25) is 0 Å².